The lowest BCUT2D eigenvalue weighted by molar-refractivity contribution is -0.116. The fraction of sp³-hybridized carbons (Fsp3) is 0.286. The van der Waals surface area contributed by atoms with Gasteiger partial charge >= 0.3 is 0 Å². The van der Waals surface area contributed by atoms with Crippen LogP contribution >= 0.6 is 15.9 Å². The van der Waals surface area contributed by atoms with E-state index < -0.39 is 15.9 Å². The summed E-state index contributed by atoms with van der Waals surface area (Å²) >= 11 is 3.27. The van der Waals surface area contributed by atoms with Gasteiger partial charge in [0.1, 0.15) is 0 Å². The Morgan fingerprint density at radius 3 is 2.35 bits per heavy atom. The Kier molecular flexibility index (Phi) is 7.24. The summed E-state index contributed by atoms with van der Waals surface area (Å²) in [5.41, 5.74) is 1.53. The number of sulfonamides is 1. The third-order valence-corrected chi connectivity index (χ3v) is 6.81. The number of nitrogens with one attached hydrogen (secondary N) is 1. The molecule has 1 N–H and O–H groups in total. The molecular formula is C21H23BrN4O4S. The van der Waals surface area contributed by atoms with Crippen LogP contribution in [0.3, 0.4) is 0 Å². The van der Waals surface area contributed by atoms with E-state index in [0.29, 0.717) is 23.8 Å². The Labute approximate surface area is 189 Å². The van der Waals surface area contributed by atoms with Gasteiger partial charge in [0, 0.05) is 29.5 Å². The predicted octanol–water partition coefficient (Wildman–Crippen LogP) is 3.81. The molecule has 1 amide bonds. The summed E-state index contributed by atoms with van der Waals surface area (Å²) in [6.45, 7) is 3.66. The number of benzene rings is 2. The molecule has 1 heterocycles. The molecule has 31 heavy (non-hydrogen) atoms. The first-order chi connectivity index (χ1) is 14.6. The lowest BCUT2D eigenvalue weighted by atomic mass is 10.1. The van der Waals surface area contributed by atoms with E-state index in [-0.39, 0.29) is 17.4 Å². The number of likely N-dealkylation sites (N-methyl/N-ethyl adjacent to an activating group) is 1. The number of amides is 1. The average Bonchev–Trinajstić information content (AvgIpc) is 3.18. The van der Waals surface area contributed by atoms with Crippen LogP contribution in [-0.2, 0) is 21.2 Å². The van der Waals surface area contributed by atoms with E-state index in [1.807, 2.05) is 26.0 Å². The van der Waals surface area contributed by atoms with Crippen LogP contribution in [0.4, 0.5) is 5.69 Å². The Hall–Kier alpha value is -2.56. The number of hydrogen-bond acceptors (Lipinski definition) is 6. The molecule has 0 atom stereocenters. The van der Waals surface area contributed by atoms with Crippen molar-refractivity contribution < 1.29 is 17.7 Å². The smallest absolute Gasteiger partial charge is 0.243 e. The van der Waals surface area contributed by atoms with Crippen molar-refractivity contribution in [1.82, 2.24) is 14.4 Å². The molecular weight excluding hydrogens is 484 g/mol. The van der Waals surface area contributed by atoms with E-state index in [0.717, 1.165) is 14.3 Å². The molecule has 0 aliphatic heterocycles. The number of halogens is 1. The predicted molar refractivity (Wildman–Crippen MR) is 120 cm³/mol. The number of hydrogen-bond donors (Lipinski definition) is 1. The van der Waals surface area contributed by atoms with E-state index in [2.05, 4.69) is 31.4 Å². The van der Waals surface area contributed by atoms with Gasteiger partial charge in [0.25, 0.3) is 0 Å². The molecule has 0 saturated heterocycles. The first-order valence-corrected chi connectivity index (χ1v) is 11.8. The summed E-state index contributed by atoms with van der Waals surface area (Å²) in [7, 11) is -2.39. The van der Waals surface area contributed by atoms with Crippen LogP contribution in [0, 0.1) is 0 Å². The summed E-state index contributed by atoms with van der Waals surface area (Å²) in [4.78, 5) is 16.8. The van der Waals surface area contributed by atoms with Crippen molar-refractivity contribution in [3.63, 3.8) is 0 Å². The van der Waals surface area contributed by atoms with Gasteiger partial charge in [0.2, 0.25) is 21.8 Å². The van der Waals surface area contributed by atoms with Gasteiger partial charge in [-0.3, -0.25) is 4.79 Å². The average molecular weight is 507 g/mol. The molecule has 0 saturated carbocycles. The Balaban J connectivity index is 1.58. The normalized spacial score (nSPS) is 11.8. The number of rotatable bonds is 8. The SMILES string of the molecule is CC(C)c1nc(Cc2ccc(NC(=O)CN(C)S(=O)(=O)c3ccc(Br)cc3)cc2)no1. The zero-order valence-electron chi connectivity index (χ0n) is 17.4. The van der Waals surface area contributed by atoms with Crippen LogP contribution in [0.15, 0.2) is 62.4 Å². The van der Waals surface area contributed by atoms with Gasteiger partial charge in [0.05, 0.1) is 11.4 Å². The molecule has 3 aromatic rings. The summed E-state index contributed by atoms with van der Waals surface area (Å²) in [5.74, 6) is 0.932. The van der Waals surface area contributed by atoms with Crippen LogP contribution in [0.25, 0.3) is 0 Å². The molecule has 2 aromatic carbocycles. The van der Waals surface area contributed by atoms with Gasteiger partial charge in [-0.15, -0.1) is 0 Å². The first kappa shape index (κ1) is 23.1. The molecule has 0 fully saturated rings. The van der Waals surface area contributed by atoms with Crippen molar-refractivity contribution in [1.29, 1.82) is 0 Å². The maximum Gasteiger partial charge on any atom is 0.243 e. The molecule has 0 bridgehead atoms. The van der Waals surface area contributed by atoms with E-state index in [4.69, 9.17) is 4.52 Å². The maximum absolute atomic E-state index is 12.6. The second-order valence-corrected chi connectivity index (χ2v) is 10.3. The maximum atomic E-state index is 12.6. The second kappa shape index (κ2) is 9.71. The van der Waals surface area contributed by atoms with E-state index in [1.54, 1.807) is 24.3 Å². The zero-order chi connectivity index (χ0) is 22.6. The molecule has 0 aliphatic rings. The number of carbonyl (C=O) groups excluding carboxylic acids is 1. The van der Waals surface area contributed by atoms with Gasteiger partial charge in [-0.2, -0.15) is 9.29 Å². The van der Waals surface area contributed by atoms with Crippen molar-refractivity contribution in [3.8, 4) is 0 Å². The van der Waals surface area contributed by atoms with E-state index in [9.17, 15) is 13.2 Å². The van der Waals surface area contributed by atoms with Crippen molar-refractivity contribution >= 4 is 37.5 Å². The summed E-state index contributed by atoms with van der Waals surface area (Å²) in [6, 6.07) is 13.5. The van der Waals surface area contributed by atoms with Crippen molar-refractivity contribution in [3.05, 3.63) is 70.3 Å². The third-order valence-electron chi connectivity index (χ3n) is 4.47. The minimum absolute atomic E-state index is 0.123. The van der Waals surface area contributed by atoms with Crippen molar-refractivity contribution in [2.24, 2.45) is 0 Å². The summed E-state index contributed by atoms with van der Waals surface area (Å²) in [5, 5.41) is 6.68. The van der Waals surface area contributed by atoms with Crippen LogP contribution in [0.1, 0.15) is 37.0 Å². The number of carbonyl (C=O) groups is 1. The van der Waals surface area contributed by atoms with E-state index in [1.165, 1.54) is 19.2 Å². The molecule has 3 rings (SSSR count). The van der Waals surface area contributed by atoms with Gasteiger partial charge in [-0.1, -0.05) is 47.1 Å². The summed E-state index contributed by atoms with van der Waals surface area (Å²) in [6.07, 6.45) is 0.513. The lowest BCUT2D eigenvalue weighted by Crippen LogP contribution is -2.34. The van der Waals surface area contributed by atoms with Crippen LogP contribution in [-0.4, -0.2) is 42.4 Å². The minimum Gasteiger partial charge on any atom is -0.339 e. The molecule has 0 unspecified atom stereocenters. The third kappa shape index (κ3) is 5.99. The fourth-order valence-electron chi connectivity index (χ4n) is 2.74. The molecule has 0 radical (unpaired) electrons. The van der Waals surface area contributed by atoms with Gasteiger partial charge < -0.3 is 9.84 Å². The van der Waals surface area contributed by atoms with Gasteiger partial charge in [-0.05, 0) is 42.0 Å². The lowest BCUT2D eigenvalue weighted by Gasteiger charge is -2.17. The number of anilines is 1. The minimum atomic E-state index is -3.76. The molecule has 0 aliphatic carbocycles. The quantitative estimate of drug-likeness (QED) is 0.497. The molecule has 10 heteroatoms. The molecule has 164 valence electrons. The van der Waals surface area contributed by atoms with Crippen LogP contribution in [0.5, 0.6) is 0 Å². The van der Waals surface area contributed by atoms with Gasteiger partial charge in [0.15, 0.2) is 5.82 Å². The number of nitrogens with zero attached hydrogens (tertiary/aromatic N) is 3. The highest BCUT2D eigenvalue weighted by molar-refractivity contribution is 9.10. The molecule has 0 spiro atoms. The Morgan fingerprint density at radius 1 is 1.13 bits per heavy atom. The number of aromatic nitrogens is 2. The van der Waals surface area contributed by atoms with Gasteiger partial charge in [-0.25, -0.2) is 8.42 Å². The highest BCUT2D eigenvalue weighted by atomic mass is 79.9. The Morgan fingerprint density at radius 2 is 1.77 bits per heavy atom. The second-order valence-electron chi connectivity index (χ2n) is 7.34. The molecule has 8 nitrogen and oxygen atoms in total. The van der Waals surface area contributed by atoms with Crippen molar-refractivity contribution in [2.45, 2.75) is 31.1 Å². The molecule has 1 aromatic heterocycles. The fourth-order valence-corrected chi connectivity index (χ4v) is 4.13. The first-order valence-electron chi connectivity index (χ1n) is 9.58. The Bertz CT molecular complexity index is 1140. The van der Waals surface area contributed by atoms with Crippen LogP contribution in [0.2, 0.25) is 0 Å². The highest BCUT2D eigenvalue weighted by Gasteiger charge is 2.23. The largest absolute Gasteiger partial charge is 0.339 e. The highest BCUT2D eigenvalue weighted by Crippen LogP contribution is 2.18. The zero-order valence-corrected chi connectivity index (χ0v) is 19.8. The standard InChI is InChI=1S/C21H23BrN4O4S/c1-14(2)21-24-19(25-30-21)12-15-4-8-17(9-5-15)23-20(27)13-26(3)31(28,29)18-10-6-16(22)7-11-18/h4-11,14H,12-13H2,1-3H3,(H,23,27). The van der Waals surface area contributed by atoms with Crippen LogP contribution < -0.4 is 5.32 Å². The monoisotopic (exact) mass is 506 g/mol. The van der Waals surface area contributed by atoms with E-state index >= 15 is 0 Å². The summed E-state index contributed by atoms with van der Waals surface area (Å²) < 4.78 is 32.2. The topological polar surface area (TPSA) is 105 Å². The van der Waals surface area contributed by atoms with Crippen molar-refractivity contribution in [2.75, 3.05) is 18.9 Å².